The average molecular weight is 207 g/mol. The van der Waals surface area contributed by atoms with Gasteiger partial charge in [-0.05, 0) is 24.9 Å². The van der Waals surface area contributed by atoms with Crippen molar-refractivity contribution in [3.05, 3.63) is 27.9 Å². The summed E-state index contributed by atoms with van der Waals surface area (Å²) in [5, 5.41) is 3.21. The molecule has 0 aromatic carbocycles. The molecule has 1 aromatic heterocycles. The van der Waals surface area contributed by atoms with Crippen molar-refractivity contribution >= 4 is 0 Å². The van der Waals surface area contributed by atoms with Crippen molar-refractivity contribution in [2.45, 2.75) is 26.2 Å². The van der Waals surface area contributed by atoms with Crippen LogP contribution in [0.1, 0.15) is 31.3 Å². The minimum atomic E-state index is -0.0315. The fourth-order valence-electron chi connectivity index (χ4n) is 1.69. The van der Waals surface area contributed by atoms with Gasteiger partial charge in [-0.2, -0.15) is 0 Å². The van der Waals surface area contributed by atoms with E-state index in [2.05, 4.69) is 29.1 Å². The molecule has 0 spiro atoms. The van der Waals surface area contributed by atoms with Crippen LogP contribution < -0.4 is 10.9 Å². The Balaban J connectivity index is 2.18. The Morgan fingerprint density at radius 1 is 1.53 bits per heavy atom. The van der Waals surface area contributed by atoms with Crippen LogP contribution in [0.2, 0.25) is 0 Å². The van der Waals surface area contributed by atoms with Crippen LogP contribution in [0.15, 0.2) is 10.9 Å². The third-order valence-electron chi connectivity index (χ3n) is 2.75. The molecule has 2 rings (SSSR count). The number of aromatic amines is 1. The standard InChI is InChI=1S/C11H17N3O/c1-7(2)9-4-11(15)14-10(13-9)3-8-5-12-6-8/h4,7-8,12H,3,5-6H2,1-2H3,(H,13,14,15). The first-order chi connectivity index (χ1) is 7.15. The second kappa shape index (κ2) is 4.14. The first-order valence-electron chi connectivity index (χ1n) is 5.46. The molecule has 2 N–H and O–H groups in total. The smallest absolute Gasteiger partial charge is 0.251 e. The minimum Gasteiger partial charge on any atom is -0.316 e. The highest BCUT2D eigenvalue weighted by molar-refractivity contribution is 5.07. The van der Waals surface area contributed by atoms with Crippen molar-refractivity contribution in [2.24, 2.45) is 5.92 Å². The Labute approximate surface area is 89.1 Å². The van der Waals surface area contributed by atoms with E-state index in [0.29, 0.717) is 11.8 Å². The van der Waals surface area contributed by atoms with Crippen LogP contribution >= 0.6 is 0 Å². The highest BCUT2D eigenvalue weighted by atomic mass is 16.1. The maximum atomic E-state index is 11.4. The highest BCUT2D eigenvalue weighted by Crippen LogP contribution is 2.12. The van der Waals surface area contributed by atoms with Crippen LogP contribution in [0.3, 0.4) is 0 Å². The summed E-state index contributed by atoms with van der Waals surface area (Å²) in [5.74, 6) is 1.78. The lowest BCUT2D eigenvalue weighted by molar-refractivity contribution is 0.340. The molecule has 1 aliphatic rings. The molecule has 82 valence electrons. The van der Waals surface area contributed by atoms with Crippen molar-refractivity contribution < 1.29 is 0 Å². The summed E-state index contributed by atoms with van der Waals surface area (Å²) in [6, 6.07) is 1.59. The molecule has 4 heteroatoms. The molecule has 0 bridgehead atoms. The van der Waals surface area contributed by atoms with Crippen LogP contribution in [0.5, 0.6) is 0 Å². The van der Waals surface area contributed by atoms with Gasteiger partial charge in [-0.15, -0.1) is 0 Å². The van der Waals surface area contributed by atoms with Crippen LogP contribution in [0, 0.1) is 5.92 Å². The monoisotopic (exact) mass is 207 g/mol. The highest BCUT2D eigenvalue weighted by Gasteiger charge is 2.18. The number of aromatic nitrogens is 2. The zero-order valence-corrected chi connectivity index (χ0v) is 9.21. The van der Waals surface area contributed by atoms with E-state index in [-0.39, 0.29) is 5.56 Å². The lowest BCUT2D eigenvalue weighted by atomic mass is 9.99. The average Bonchev–Trinajstić information content (AvgIpc) is 2.10. The van der Waals surface area contributed by atoms with Gasteiger partial charge in [0.25, 0.3) is 5.56 Å². The lowest BCUT2D eigenvalue weighted by Gasteiger charge is -2.26. The summed E-state index contributed by atoms with van der Waals surface area (Å²) >= 11 is 0. The molecule has 0 radical (unpaired) electrons. The first-order valence-corrected chi connectivity index (χ1v) is 5.46. The number of rotatable bonds is 3. The molecule has 0 saturated carbocycles. The predicted octanol–water partition coefficient (Wildman–Crippen LogP) is 0.655. The van der Waals surface area contributed by atoms with Crippen LogP contribution in [-0.4, -0.2) is 23.1 Å². The summed E-state index contributed by atoms with van der Waals surface area (Å²) in [7, 11) is 0. The zero-order chi connectivity index (χ0) is 10.8. The summed E-state index contributed by atoms with van der Waals surface area (Å²) in [5.41, 5.74) is 0.858. The van der Waals surface area contributed by atoms with Crippen molar-refractivity contribution in [2.75, 3.05) is 13.1 Å². The van der Waals surface area contributed by atoms with Gasteiger partial charge in [0, 0.05) is 12.5 Å². The molecule has 15 heavy (non-hydrogen) atoms. The van der Waals surface area contributed by atoms with Gasteiger partial charge in [0.15, 0.2) is 0 Å². The maximum Gasteiger partial charge on any atom is 0.251 e. The molecule has 0 aliphatic carbocycles. The Bertz CT molecular complexity index is 393. The second-order valence-electron chi connectivity index (χ2n) is 4.50. The largest absolute Gasteiger partial charge is 0.316 e. The van der Waals surface area contributed by atoms with Crippen LogP contribution in [0.4, 0.5) is 0 Å². The van der Waals surface area contributed by atoms with Crippen LogP contribution in [0.25, 0.3) is 0 Å². The maximum absolute atomic E-state index is 11.4. The second-order valence-corrected chi connectivity index (χ2v) is 4.50. The van der Waals surface area contributed by atoms with Gasteiger partial charge < -0.3 is 10.3 Å². The third-order valence-corrected chi connectivity index (χ3v) is 2.75. The number of hydrogen-bond acceptors (Lipinski definition) is 3. The van der Waals surface area contributed by atoms with Gasteiger partial charge in [0.05, 0.1) is 5.69 Å². The Morgan fingerprint density at radius 2 is 2.27 bits per heavy atom. The molecule has 1 fully saturated rings. The third kappa shape index (κ3) is 2.45. The molecule has 4 nitrogen and oxygen atoms in total. The molecular weight excluding hydrogens is 190 g/mol. The lowest BCUT2D eigenvalue weighted by Crippen LogP contribution is -2.43. The summed E-state index contributed by atoms with van der Waals surface area (Å²) in [6.07, 6.45) is 0.878. The predicted molar refractivity (Wildman–Crippen MR) is 59.0 cm³/mol. The molecule has 2 heterocycles. The Kier molecular flexibility index (Phi) is 2.86. The van der Waals surface area contributed by atoms with Crippen molar-refractivity contribution in [1.29, 1.82) is 0 Å². The molecule has 0 unspecified atom stereocenters. The quantitative estimate of drug-likeness (QED) is 0.765. The number of nitrogens with zero attached hydrogens (tertiary/aromatic N) is 1. The van der Waals surface area contributed by atoms with Gasteiger partial charge in [0.1, 0.15) is 5.82 Å². The molecule has 1 aliphatic heterocycles. The topological polar surface area (TPSA) is 57.8 Å². The van der Waals surface area contributed by atoms with Gasteiger partial charge in [-0.1, -0.05) is 13.8 Å². The fraction of sp³-hybridized carbons (Fsp3) is 0.636. The van der Waals surface area contributed by atoms with E-state index < -0.39 is 0 Å². The zero-order valence-electron chi connectivity index (χ0n) is 9.21. The van der Waals surface area contributed by atoms with E-state index in [0.717, 1.165) is 31.0 Å². The van der Waals surface area contributed by atoms with E-state index >= 15 is 0 Å². The van der Waals surface area contributed by atoms with E-state index in [9.17, 15) is 4.79 Å². The number of hydrogen-bond donors (Lipinski definition) is 2. The van der Waals surface area contributed by atoms with Gasteiger partial charge in [0.2, 0.25) is 0 Å². The van der Waals surface area contributed by atoms with Gasteiger partial charge in [-0.3, -0.25) is 4.79 Å². The minimum absolute atomic E-state index is 0.0315. The van der Waals surface area contributed by atoms with E-state index in [1.807, 2.05) is 0 Å². The fourth-order valence-corrected chi connectivity index (χ4v) is 1.69. The molecule has 0 amide bonds. The van der Waals surface area contributed by atoms with Crippen molar-refractivity contribution in [1.82, 2.24) is 15.3 Å². The van der Waals surface area contributed by atoms with E-state index in [1.54, 1.807) is 6.07 Å². The normalized spacial score (nSPS) is 16.7. The number of nitrogens with one attached hydrogen (secondary N) is 2. The summed E-state index contributed by atoms with van der Waals surface area (Å²) in [4.78, 5) is 18.7. The molecular formula is C11H17N3O. The van der Waals surface area contributed by atoms with Gasteiger partial charge >= 0.3 is 0 Å². The molecule has 0 atom stereocenters. The Hall–Kier alpha value is -1.16. The first kappa shape index (κ1) is 10.4. The SMILES string of the molecule is CC(C)c1cc(=O)[nH]c(CC2CNC2)n1. The van der Waals surface area contributed by atoms with Gasteiger partial charge in [-0.25, -0.2) is 4.98 Å². The van der Waals surface area contributed by atoms with Crippen molar-refractivity contribution in [3.63, 3.8) is 0 Å². The van der Waals surface area contributed by atoms with Crippen LogP contribution in [-0.2, 0) is 6.42 Å². The molecule has 1 saturated heterocycles. The van der Waals surface area contributed by atoms with E-state index in [4.69, 9.17) is 0 Å². The summed E-state index contributed by atoms with van der Waals surface area (Å²) < 4.78 is 0. The number of H-pyrrole nitrogens is 1. The Morgan fingerprint density at radius 3 is 2.80 bits per heavy atom. The summed E-state index contributed by atoms with van der Waals surface area (Å²) in [6.45, 7) is 6.18. The molecule has 1 aromatic rings. The van der Waals surface area contributed by atoms with Crippen molar-refractivity contribution in [3.8, 4) is 0 Å². The van der Waals surface area contributed by atoms with E-state index in [1.165, 1.54) is 0 Å².